The first-order valence-electron chi connectivity index (χ1n) is 3.81. The van der Waals surface area contributed by atoms with Gasteiger partial charge in [-0.2, -0.15) is 0 Å². The molecular formula is C8H17FNNoO-. The van der Waals surface area contributed by atoms with Gasteiger partial charge in [-0.1, -0.05) is 0 Å². The van der Waals surface area contributed by atoms with Gasteiger partial charge >= 0.3 is 0 Å². The molecule has 2 nitrogen and oxygen atoms in total. The molecule has 0 saturated carbocycles. The van der Waals surface area contributed by atoms with Crippen molar-refractivity contribution in [2.24, 2.45) is 0 Å². The molecule has 0 aromatic heterocycles. The largest absolute Gasteiger partial charge is 0.380 e. The molecule has 0 aliphatic carbocycles. The molecule has 1 heterocycles. The van der Waals surface area contributed by atoms with E-state index in [0.29, 0.717) is 6.10 Å². The van der Waals surface area contributed by atoms with Crippen molar-refractivity contribution in [1.29, 1.82) is 0 Å². The molecule has 12 heavy (non-hydrogen) atoms. The Kier molecular flexibility index (Phi) is 8.91. The van der Waals surface area contributed by atoms with Crippen molar-refractivity contribution in [3.63, 3.8) is 0 Å². The summed E-state index contributed by atoms with van der Waals surface area (Å²) in [7, 11) is 3.91. The van der Waals surface area contributed by atoms with Gasteiger partial charge in [0.15, 0.2) is 0 Å². The van der Waals surface area contributed by atoms with Gasteiger partial charge in [-0.15, -0.1) is 0 Å². The van der Waals surface area contributed by atoms with Crippen LogP contribution in [-0.4, -0.2) is 44.9 Å². The zero-order chi connectivity index (χ0) is 8.69. The topological polar surface area (TPSA) is 12.5 Å². The van der Waals surface area contributed by atoms with Crippen molar-refractivity contribution in [1.82, 2.24) is 4.90 Å². The van der Waals surface area contributed by atoms with E-state index in [1.165, 1.54) is 13.0 Å². The van der Waals surface area contributed by atoms with E-state index in [2.05, 4.69) is 18.9 Å². The number of rotatable bonds is 1. The van der Waals surface area contributed by atoms with E-state index in [0.717, 1.165) is 6.54 Å². The first-order valence-corrected chi connectivity index (χ1v) is 3.81. The number of halogens is 1. The Morgan fingerprint density at radius 3 is 2.33 bits per heavy atom. The van der Waals surface area contributed by atoms with Crippen LogP contribution in [0.2, 0.25) is 0 Å². The molecule has 0 amide bonds. The van der Waals surface area contributed by atoms with Crippen LogP contribution in [0, 0.1) is 6.92 Å². The van der Waals surface area contributed by atoms with E-state index in [9.17, 15) is 4.39 Å². The Morgan fingerprint density at radius 2 is 2.17 bits per heavy atom. The molecule has 1 atom stereocenters. The van der Waals surface area contributed by atoms with E-state index < -0.39 is 6.67 Å². The second-order valence-corrected chi connectivity index (χ2v) is 2.60. The number of ether oxygens (including phenoxy) is 1. The molecule has 0 unspecified atom stereocenters. The maximum Gasteiger partial charge on any atom is 0.0710 e. The van der Waals surface area contributed by atoms with Crippen LogP contribution in [0.25, 0.3) is 0 Å². The summed E-state index contributed by atoms with van der Waals surface area (Å²) in [6.45, 7) is 4.62. The number of alkyl halides is 1. The third kappa shape index (κ3) is 5.62. The third-order valence-electron chi connectivity index (χ3n) is 1.68. The van der Waals surface area contributed by atoms with Gasteiger partial charge in [-0.3, -0.25) is 4.39 Å². The molecule has 0 N–H and O–H groups in total. The molecule has 1 aliphatic rings. The van der Waals surface area contributed by atoms with Crippen LogP contribution in [-0.2, 0) is 4.74 Å². The molecule has 4 heteroatoms. The van der Waals surface area contributed by atoms with Crippen molar-refractivity contribution in [2.75, 3.05) is 33.9 Å². The van der Waals surface area contributed by atoms with E-state index in [1.807, 2.05) is 0 Å². The molecule has 0 spiro atoms. The van der Waals surface area contributed by atoms with Gasteiger partial charge in [0.25, 0.3) is 0 Å². The number of methoxy groups -OCH3 is 1. The quantitative estimate of drug-likeness (QED) is 0.589. The van der Waals surface area contributed by atoms with Gasteiger partial charge in [0.05, 0.1) is 6.10 Å². The maximum atomic E-state index is 10.2. The number of likely N-dealkylation sites (N-methyl/N-ethyl adjacent to an activating group) is 1. The Bertz CT molecular complexity index is 95.1. The third-order valence-corrected chi connectivity index (χ3v) is 1.68. The molecule has 1 aliphatic heterocycles. The van der Waals surface area contributed by atoms with Crippen molar-refractivity contribution in [3.8, 4) is 0 Å². The first-order chi connectivity index (χ1) is 5.24. The standard InChI is InChI=1S/C6H13NO.C2H4F.No/c1-7-4-3-6(5-7)8-2;1-2-3;/h6H,3-5H2,1-2H3;1-2H2;/q;-1;/t6-;;/m0../s1. The molecule has 0 aromatic rings. The van der Waals surface area contributed by atoms with Crippen LogP contribution in [0.5, 0.6) is 0 Å². The predicted molar refractivity (Wildman–Crippen MR) is 44.2 cm³/mol. The van der Waals surface area contributed by atoms with Crippen LogP contribution in [0.15, 0.2) is 0 Å². The van der Waals surface area contributed by atoms with E-state index in [-0.39, 0.29) is 0 Å². The van der Waals surface area contributed by atoms with Gasteiger partial charge in [0.2, 0.25) is 0 Å². The average molecular weight is 421 g/mol. The fourth-order valence-corrected chi connectivity index (χ4v) is 1.09. The molecule has 82 valence electrons. The van der Waals surface area contributed by atoms with Gasteiger partial charge in [-0.25, -0.2) is 0 Å². The fraction of sp³-hybridized carbons (Fsp3) is 0.875. The number of nitrogens with zero attached hydrogens (tertiary/aromatic N) is 1. The average Bonchev–Trinajstić information content (AvgIpc) is 2.37. The summed E-state index contributed by atoms with van der Waals surface area (Å²) in [4.78, 5) is 2.29. The minimum atomic E-state index is -0.500. The maximum absolute atomic E-state index is 10.2. The Labute approximate surface area is 68.3 Å². The minimum absolute atomic E-state index is 0. The zero-order valence-electron chi connectivity index (χ0n) is 7.61. The Balaban J connectivity index is 0. The monoisotopic (exact) mass is 421 g/mol. The number of hydrogen-bond acceptors (Lipinski definition) is 2. The van der Waals surface area contributed by atoms with Gasteiger partial charge in [0.1, 0.15) is 0 Å². The molecule has 0 bridgehead atoms. The summed E-state index contributed by atoms with van der Waals surface area (Å²) >= 11 is 0. The van der Waals surface area contributed by atoms with Gasteiger partial charge in [0, 0.05) is 20.2 Å². The molecule has 1 fully saturated rings. The second kappa shape index (κ2) is 7.95. The van der Waals surface area contributed by atoms with Crippen molar-refractivity contribution >= 4 is 0 Å². The molecular weight excluding hydrogens is 404 g/mol. The second-order valence-electron chi connectivity index (χ2n) is 2.60. The zero-order valence-corrected chi connectivity index (χ0v) is 9.84. The van der Waals surface area contributed by atoms with E-state index in [1.54, 1.807) is 7.11 Å². The molecule has 0 aromatic carbocycles. The Hall–Kier alpha value is -1.15. The van der Waals surface area contributed by atoms with Crippen molar-refractivity contribution in [3.05, 3.63) is 6.92 Å². The van der Waals surface area contributed by atoms with Crippen LogP contribution in [0.1, 0.15) is 6.42 Å². The van der Waals surface area contributed by atoms with Crippen LogP contribution < -0.4 is 0 Å². The first kappa shape index (κ1) is 13.4. The van der Waals surface area contributed by atoms with Crippen LogP contribution >= 0.6 is 0 Å². The summed E-state index contributed by atoms with van der Waals surface area (Å²) in [5.41, 5.74) is 0. The molecule has 1 rings (SSSR count). The summed E-state index contributed by atoms with van der Waals surface area (Å²) < 4.78 is 15.3. The van der Waals surface area contributed by atoms with Crippen LogP contribution in [0.4, 0.5) is 4.39 Å². The van der Waals surface area contributed by atoms with Gasteiger partial charge < -0.3 is 16.6 Å². The van der Waals surface area contributed by atoms with Crippen LogP contribution in [0.3, 0.4) is 0 Å². The van der Waals surface area contributed by atoms with E-state index >= 15 is 0 Å². The number of hydrogen-bond donors (Lipinski definition) is 0. The normalized spacial score (nSPS) is 22.5. The smallest absolute Gasteiger partial charge is 0.0710 e. The summed E-state index contributed by atoms with van der Waals surface area (Å²) in [6, 6.07) is 0. The summed E-state index contributed by atoms with van der Waals surface area (Å²) in [5.74, 6) is 0. The van der Waals surface area contributed by atoms with Gasteiger partial charge in [-0.05, 0) is 20.1 Å². The summed E-state index contributed by atoms with van der Waals surface area (Å²) in [5, 5.41) is 0. The fourth-order valence-electron chi connectivity index (χ4n) is 1.09. The summed E-state index contributed by atoms with van der Waals surface area (Å²) in [6.07, 6.45) is 1.70. The van der Waals surface area contributed by atoms with Crippen molar-refractivity contribution in [2.45, 2.75) is 12.5 Å². The van der Waals surface area contributed by atoms with E-state index in [4.69, 9.17) is 4.74 Å². The molecule has 0 radical (unpaired) electrons. The molecule has 1 saturated heterocycles. The predicted octanol–water partition coefficient (Wildman–Crippen LogP) is 1.13. The number of likely N-dealkylation sites (tertiary alicyclic amines) is 1. The van der Waals surface area contributed by atoms with Crippen molar-refractivity contribution < 1.29 is 9.13 Å². The minimum Gasteiger partial charge on any atom is -0.380 e. The SMILES string of the molecule is CO[C@H]1CCN(C)C1.[CH2-]CF.[No]. The Morgan fingerprint density at radius 1 is 1.67 bits per heavy atom.